The molecule has 1 aromatic heterocycles. The number of rotatable bonds is 4. The van der Waals surface area contributed by atoms with Crippen LogP contribution in [0.15, 0.2) is 6.20 Å². The SMILES string of the molecule is CC1(C)C[C@H](C(C)(C)CCc2c[nH]c(C(C)(C)C)n2)NC1=O. The molecule has 1 saturated heterocycles. The third-order valence-corrected chi connectivity index (χ3v) is 4.94. The molecule has 0 radical (unpaired) electrons. The third-order valence-electron chi connectivity index (χ3n) is 4.94. The van der Waals surface area contributed by atoms with Crippen LogP contribution in [0.5, 0.6) is 0 Å². The molecule has 2 rings (SSSR count). The van der Waals surface area contributed by atoms with Crippen molar-refractivity contribution in [2.75, 3.05) is 0 Å². The summed E-state index contributed by atoms with van der Waals surface area (Å²) in [6.45, 7) is 15.0. The highest BCUT2D eigenvalue weighted by molar-refractivity contribution is 5.84. The lowest BCUT2D eigenvalue weighted by atomic mass is 9.76. The summed E-state index contributed by atoms with van der Waals surface area (Å²) in [5.74, 6) is 1.22. The van der Waals surface area contributed by atoms with Gasteiger partial charge in [-0.15, -0.1) is 0 Å². The van der Waals surface area contributed by atoms with Gasteiger partial charge in [0, 0.05) is 23.1 Å². The molecule has 1 aromatic rings. The van der Waals surface area contributed by atoms with Crippen molar-refractivity contribution in [2.45, 2.75) is 79.2 Å². The number of carbonyl (C=O) groups excluding carboxylic acids is 1. The minimum absolute atomic E-state index is 0.0528. The number of imidazole rings is 1. The summed E-state index contributed by atoms with van der Waals surface area (Å²) in [6, 6.07) is 0.246. The monoisotopic (exact) mass is 305 g/mol. The molecule has 0 bridgehead atoms. The first-order chi connectivity index (χ1) is 9.92. The van der Waals surface area contributed by atoms with Crippen LogP contribution in [0.2, 0.25) is 0 Å². The molecular weight excluding hydrogens is 274 g/mol. The van der Waals surface area contributed by atoms with Crippen molar-refractivity contribution in [1.82, 2.24) is 15.3 Å². The van der Waals surface area contributed by atoms with E-state index in [9.17, 15) is 4.79 Å². The van der Waals surface area contributed by atoms with Crippen LogP contribution in [0, 0.1) is 10.8 Å². The molecule has 1 aliphatic heterocycles. The predicted molar refractivity (Wildman–Crippen MR) is 89.7 cm³/mol. The Hall–Kier alpha value is -1.32. The summed E-state index contributed by atoms with van der Waals surface area (Å²) in [6.07, 6.45) is 4.88. The van der Waals surface area contributed by atoms with E-state index in [0.717, 1.165) is 30.8 Å². The van der Waals surface area contributed by atoms with Crippen LogP contribution in [0.25, 0.3) is 0 Å². The molecule has 0 saturated carbocycles. The topological polar surface area (TPSA) is 57.8 Å². The third kappa shape index (κ3) is 3.53. The fourth-order valence-electron chi connectivity index (χ4n) is 2.98. The maximum absolute atomic E-state index is 12.0. The Bertz CT molecular complexity index is 549. The molecule has 4 nitrogen and oxygen atoms in total. The second-order valence-electron chi connectivity index (χ2n) is 9.09. The van der Waals surface area contributed by atoms with Crippen LogP contribution in [0.4, 0.5) is 0 Å². The van der Waals surface area contributed by atoms with Gasteiger partial charge in [-0.3, -0.25) is 4.79 Å². The standard InChI is InChI=1S/C18H31N3O/c1-16(2,3)14-19-11-12(20-14)8-9-17(4,5)13-10-18(6,7)15(22)21-13/h11,13H,8-10H2,1-7H3,(H,19,20)(H,21,22)/t13-/m1/s1. The van der Waals surface area contributed by atoms with E-state index in [1.54, 1.807) is 0 Å². The summed E-state index contributed by atoms with van der Waals surface area (Å²) in [5, 5.41) is 3.18. The normalized spacial score (nSPS) is 22.0. The van der Waals surface area contributed by atoms with E-state index in [1.807, 2.05) is 20.0 Å². The number of carbonyl (C=O) groups is 1. The molecule has 1 aliphatic rings. The van der Waals surface area contributed by atoms with Gasteiger partial charge in [0.1, 0.15) is 5.82 Å². The van der Waals surface area contributed by atoms with E-state index in [0.29, 0.717) is 0 Å². The number of aromatic amines is 1. The van der Waals surface area contributed by atoms with Gasteiger partial charge in [-0.2, -0.15) is 0 Å². The number of aromatic nitrogens is 2. The predicted octanol–water partition coefficient (Wildman–Crippen LogP) is 3.58. The maximum Gasteiger partial charge on any atom is 0.225 e. The van der Waals surface area contributed by atoms with Gasteiger partial charge in [0.05, 0.1) is 5.69 Å². The number of amides is 1. The van der Waals surface area contributed by atoms with E-state index in [4.69, 9.17) is 4.98 Å². The number of H-pyrrole nitrogens is 1. The minimum Gasteiger partial charge on any atom is -0.352 e. The lowest BCUT2D eigenvalue weighted by Crippen LogP contribution is -2.39. The van der Waals surface area contributed by atoms with Gasteiger partial charge in [-0.05, 0) is 24.7 Å². The smallest absolute Gasteiger partial charge is 0.225 e. The second-order valence-corrected chi connectivity index (χ2v) is 9.09. The van der Waals surface area contributed by atoms with E-state index >= 15 is 0 Å². The van der Waals surface area contributed by atoms with E-state index in [2.05, 4.69) is 44.9 Å². The quantitative estimate of drug-likeness (QED) is 0.893. The molecular formula is C18H31N3O. The van der Waals surface area contributed by atoms with Crippen LogP contribution in [-0.4, -0.2) is 21.9 Å². The van der Waals surface area contributed by atoms with Crippen LogP contribution < -0.4 is 5.32 Å². The zero-order valence-corrected chi connectivity index (χ0v) is 15.1. The molecule has 22 heavy (non-hydrogen) atoms. The zero-order valence-electron chi connectivity index (χ0n) is 15.1. The number of hydrogen-bond acceptors (Lipinski definition) is 2. The summed E-state index contributed by atoms with van der Waals surface area (Å²) >= 11 is 0. The number of nitrogens with one attached hydrogen (secondary N) is 2. The van der Waals surface area contributed by atoms with Crippen molar-refractivity contribution in [3.05, 3.63) is 17.7 Å². The van der Waals surface area contributed by atoms with Crippen molar-refractivity contribution in [2.24, 2.45) is 10.8 Å². The Morgan fingerprint density at radius 3 is 2.36 bits per heavy atom. The molecule has 124 valence electrons. The Morgan fingerprint density at radius 2 is 1.91 bits per heavy atom. The molecule has 0 unspecified atom stereocenters. The molecule has 2 heterocycles. The van der Waals surface area contributed by atoms with Gasteiger partial charge in [-0.25, -0.2) is 4.98 Å². The Morgan fingerprint density at radius 1 is 1.27 bits per heavy atom. The molecule has 0 aromatic carbocycles. The average Bonchev–Trinajstić information content (AvgIpc) is 2.93. The van der Waals surface area contributed by atoms with Gasteiger partial charge in [-0.1, -0.05) is 48.5 Å². The highest BCUT2D eigenvalue weighted by Crippen LogP contribution is 2.39. The van der Waals surface area contributed by atoms with Crippen molar-refractivity contribution >= 4 is 5.91 Å². The van der Waals surface area contributed by atoms with Gasteiger partial charge < -0.3 is 10.3 Å². The fourth-order valence-corrected chi connectivity index (χ4v) is 2.98. The first-order valence-electron chi connectivity index (χ1n) is 8.27. The Labute approximate surface area is 134 Å². The van der Waals surface area contributed by atoms with Crippen LogP contribution in [0.3, 0.4) is 0 Å². The summed E-state index contributed by atoms with van der Waals surface area (Å²) in [7, 11) is 0. The van der Waals surface area contributed by atoms with Crippen LogP contribution in [-0.2, 0) is 16.6 Å². The zero-order chi connectivity index (χ0) is 16.8. The molecule has 4 heteroatoms. The number of hydrogen-bond donors (Lipinski definition) is 2. The van der Waals surface area contributed by atoms with Gasteiger partial charge in [0.25, 0.3) is 0 Å². The molecule has 1 amide bonds. The highest BCUT2D eigenvalue weighted by atomic mass is 16.2. The van der Waals surface area contributed by atoms with Crippen molar-refractivity contribution in [1.29, 1.82) is 0 Å². The summed E-state index contributed by atoms with van der Waals surface area (Å²) in [4.78, 5) is 20.0. The van der Waals surface area contributed by atoms with Crippen molar-refractivity contribution in [3.63, 3.8) is 0 Å². The second kappa shape index (κ2) is 5.39. The minimum atomic E-state index is -0.242. The molecule has 1 atom stereocenters. The van der Waals surface area contributed by atoms with Crippen LogP contribution in [0.1, 0.15) is 72.8 Å². The van der Waals surface area contributed by atoms with Gasteiger partial charge >= 0.3 is 0 Å². The van der Waals surface area contributed by atoms with E-state index in [1.165, 1.54) is 0 Å². The molecule has 0 spiro atoms. The highest BCUT2D eigenvalue weighted by Gasteiger charge is 2.44. The Balaban J connectivity index is 1.99. The first kappa shape index (κ1) is 17.0. The van der Waals surface area contributed by atoms with E-state index in [-0.39, 0.29) is 28.2 Å². The lowest BCUT2D eigenvalue weighted by molar-refractivity contribution is -0.126. The summed E-state index contributed by atoms with van der Waals surface area (Å²) in [5.41, 5.74) is 0.997. The number of aryl methyl sites for hydroxylation is 1. The largest absolute Gasteiger partial charge is 0.352 e. The molecule has 1 fully saturated rings. The number of nitrogens with zero attached hydrogens (tertiary/aromatic N) is 1. The van der Waals surface area contributed by atoms with Crippen molar-refractivity contribution < 1.29 is 4.79 Å². The fraction of sp³-hybridized carbons (Fsp3) is 0.778. The van der Waals surface area contributed by atoms with Gasteiger partial charge in [0.15, 0.2) is 0 Å². The summed E-state index contributed by atoms with van der Waals surface area (Å²) < 4.78 is 0. The molecule has 2 N–H and O–H groups in total. The van der Waals surface area contributed by atoms with Crippen LogP contribution >= 0.6 is 0 Å². The molecule has 0 aliphatic carbocycles. The Kier molecular flexibility index (Phi) is 4.18. The average molecular weight is 305 g/mol. The lowest BCUT2D eigenvalue weighted by Gasteiger charge is -2.31. The van der Waals surface area contributed by atoms with Gasteiger partial charge in [0.2, 0.25) is 5.91 Å². The first-order valence-corrected chi connectivity index (χ1v) is 8.27. The van der Waals surface area contributed by atoms with E-state index < -0.39 is 0 Å². The maximum atomic E-state index is 12.0. The van der Waals surface area contributed by atoms with Crippen molar-refractivity contribution in [3.8, 4) is 0 Å².